The molecular formula is C12H12F3NO. The van der Waals surface area contributed by atoms with Gasteiger partial charge in [-0.2, -0.15) is 13.2 Å². The predicted molar refractivity (Wildman–Crippen MR) is 55.8 cm³/mol. The van der Waals surface area contributed by atoms with Crippen molar-refractivity contribution in [2.45, 2.75) is 37.8 Å². The summed E-state index contributed by atoms with van der Waals surface area (Å²) in [6, 6.07) is 1.33. The topological polar surface area (TPSA) is 30.0 Å². The van der Waals surface area contributed by atoms with E-state index in [1.807, 2.05) is 0 Å². The summed E-state index contributed by atoms with van der Waals surface area (Å²) in [5.41, 5.74) is -0.700. The molecule has 0 atom stereocenters. The van der Waals surface area contributed by atoms with Crippen LogP contribution in [0.2, 0.25) is 0 Å². The molecule has 1 aromatic rings. The molecule has 0 aromatic carbocycles. The summed E-state index contributed by atoms with van der Waals surface area (Å²) in [4.78, 5) is 14.1. The Bertz CT molecular complexity index is 422. The van der Waals surface area contributed by atoms with Crippen molar-refractivity contribution >= 4 is 6.29 Å². The Morgan fingerprint density at radius 1 is 1.29 bits per heavy atom. The molecule has 1 aliphatic carbocycles. The Kier molecular flexibility index (Phi) is 3.17. The second kappa shape index (κ2) is 4.47. The van der Waals surface area contributed by atoms with Gasteiger partial charge in [-0.05, 0) is 30.4 Å². The molecule has 0 bridgehead atoms. The van der Waals surface area contributed by atoms with Gasteiger partial charge in [0.05, 0.1) is 0 Å². The van der Waals surface area contributed by atoms with Crippen molar-refractivity contribution in [2.24, 2.45) is 0 Å². The standard InChI is InChI=1S/C12H12F3NO/c13-12(14,15)11-10(7-17)5-9(6-16-11)8-3-1-2-4-8/h5-8H,1-4H2. The van der Waals surface area contributed by atoms with Crippen molar-refractivity contribution in [3.63, 3.8) is 0 Å². The third-order valence-corrected chi connectivity index (χ3v) is 3.16. The lowest BCUT2D eigenvalue weighted by Gasteiger charge is -2.13. The molecular weight excluding hydrogens is 231 g/mol. The first kappa shape index (κ1) is 12.1. The largest absolute Gasteiger partial charge is 0.434 e. The molecule has 1 aliphatic rings. The number of halogens is 3. The van der Waals surface area contributed by atoms with Crippen LogP contribution in [0.5, 0.6) is 0 Å². The van der Waals surface area contributed by atoms with Gasteiger partial charge in [0.15, 0.2) is 12.0 Å². The summed E-state index contributed by atoms with van der Waals surface area (Å²) in [5, 5.41) is 0. The Morgan fingerprint density at radius 2 is 1.94 bits per heavy atom. The van der Waals surface area contributed by atoms with Crippen molar-refractivity contribution in [3.8, 4) is 0 Å². The number of aldehydes is 1. The van der Waals surface area contributed by atoms with Gasteiger partial charge in [0.2, 0.25) is 0 Å². The van der Waals surface area contributed by atoms with Crippen LogP contribution in [0.4, 0.5) is 13.2 Å². The average molecular weight is 243 g/mol. The first-order valence-electron chi connectivity index (χ1n) is 5.54. The smallest absolute Gasteiger partial charge is 0.298 e. The first-order valence-corrected chi connectivity index (χ1v) is 5.54. The molecule has 1 fully saturated rings. The van der Waals surface area contributed by atoms with Gasteiger partial charge in [0.1, 0.15) is 0 Å². The summed E-state index contributed by atoms with van der Waals surface area (Å²) in [6.45, 7) is 0. The minimum atomic E-state index is -4.57. The van der Waals surface area contributed by atoms with Gasteiger partial charge in [-0.3, -0.25) is 9.78 Å². The first-order chi connectivity index (χ1) is 8.02. The van der Waals surface area contributed by atoms with Crippen LogP contribution in [-0.2, 0) is 6.18 Å². The molecule has 0 saturated heterocycles. The van der Waals surface area contributed by atoms with Gasteiger partial charge < -0.3 is 0 Å². The summed E-state index contributed by atoms with van der Waals surface area (Å²) >= 11 is 0. The number of carbonyl (C=O) groups excluding carboxylic acids is 1. The van der Waals surface area contributed by atoms with E-state index in [1.165, 1.54) is 12.3 Å². The maximum absolute atomic E-state index is 12.5. The lowest BCUT2D eigenvalue weighted by Crippen LogP contribution is -2.12. The minimum Gasteiger partial charge on any atom is -0.298 e. The molecule has 1 saturated carbocycles. The lowest BCUT2D eigenvalue weighted by molar-refractivity contribution is -0.141. The predicted octanol–water partition coefficient (Wildman–Crippen LogP) is 3.57. The van der Waals surface area contributed by atoms with E-state index >= 15 is 0 Å². The normalized spacial score (nSPS) is 17.4. The van der Waals surface area contributed by atoms with E-state index in [0.717, 1.165) is 31.2 Å². The summed E-state index contributed by atoms with van der Waals surface area (Å²) < 4.78 is 37.6. The maximum Gasteiger partial charge on any atom is 0.434 e. The van der Waals surface area contributed by atoms with Crippen LogP contribution in [0.1, 0.15) is 53.2 Å². The van der Waals surface area contributed by atoms with E-state index in [-0.39, 0.29) is 17.8 Å². The van der Waals surface area contributed by atoms with Gasteiger partial charge in [-0.15, -0.1) is 0 Å². The highest BCUT2D eigenvalue weighted by Crippen LogP contribution is 2.36. The molecule has 0 unspecified atom stereocenters. The molecule has 0 aliphatic heterocycles. The molecule has 0 radical (unpaired) electrons. The Morgan fingerprint density at radius 3 is 2.47 bits per heavy atom. The van der Waals surface area contributed by atoms with E-state index < -0.39 is 11.9 Å². The van der Waals surface area contributed by atoms with Gasteiger partial charge >= 0.3 is 6.18 Å². The minimum absolute atomic E-state index is 0.230. The summed E-state index contributed by atoms with van der Waals surface area (Å²) in [7, 11) is 0. The van der Waals surface area contributed by atoms with Crippen LogP contribution in [0.15, 0.2) is 12.3 Å². The van der Waals surface area contributed by atoms with Gasteiger partial charge in [-0.25, -0.2) is 0 Å². The molecule has 1 heterocycles. The van der Waals surface area contributed by atoms with E-state index in [4.69, 9.17) is 0 Å². The number of pyridine rings is 1. The zero-order valence-corrected chi connectivity index (χ0v) is 9.13. The number of nitrogens with zero attached hydrogens (tertiary/aromatic N) is 1. The number of hydrogen-bond acceptors (Lipinski definition) is 2. The molecule has 2 rings (SSSR count). The summed E-state index contributed by atoms with van der Waals surface area (Å²) in [6.07, 6.45) is 1.02. The monoisotopic (exact) mass is 243 g/mol. The lowest BCUT2D eigenvalue weighted by atomic mass is 9.97. The molecule has 0 N–H and O–H groups in total. The van der Waals surface area contributed by atoms with E-state index in [1.54, 1.807) is 0 Å². The molecule has 2 nitrogen and oxygen atoms in total. The highest BCUT2D eigenvalue weighted by atomic mass is 19.4. The van der Waals surface area contributed by atoms with E-state index in [0.29, 0.717) is 0 Å². The van der Waals surface area contributed by atoms with Gasteiger partial charge in [-0.1, -0.05) is 12.8 Å². The highest BCUT2D eigenvalue weighted by Gasteiger charge is 2.35. The van der Waals surface area contributed by atoms with Gasteiger partial charge in [0.25, 0.3) is 0 Å². The molecule has 5 heteroatoms. The average Bonchev–Trinajstić information content (AvgIpc) is 2.80. The van der Waals surface area contributed by atoms with E-state index in [9.17, 15) is 18.0 Å². The van der Waals surface area contributed by atoms with Crippen LogP contribution < -0.4 is 0 Å². The number of rotatable bonds is 2. The molecule has 1 aromatic heterocycles. The molecule has 0 amide bonds. The molecule has 0 spiro atoms. The third kappa shape index (κ3) is 2.48. The molecule has 92 valence electrons. The van der Waals surface area contributed by atoms with Crippen molar-refractivity contribution in [2.75, 3.05) is 0 Å². The van der Waals surface area contributed by atoms with Crippen LogP contribution in [-0.4, -0.2) is 11.3 Å². The number of carbonyl (C=O) groups is 1. The SMILES string of the molecule is O=Cc1cc(C2CCCC2)cnc1C(F)(F)F. The maximum atomic E-state index is 12.5. The third-order valence-electron chi connectivity index (χ3n) is 3.16. The van der Waals surface area contributed by atoms with Crippen molar-refractivity contribution < 1.29 is 18.0 Å². The van der Waals surface area contributed by atoms with Crippen molar-refractivity contribution in [1.29, 1.82) is 0 Å². The fraction of sp³-hybridized carbons (Fsp3) is 0.500. The summed E-state index contributed by atoms with van der Waals surface area (Å²) in [5.74, 6) is 0.253. The van der Waals surface area contributed by atoms with Crippen molar-refractivity contribution in [1.82, 2.24) is 4.98 Å². The van der Waals surface area contributed by atoms with Crippen molar-refractivity contribution in [3.05, 3.63) is 29.1 Å². The van der Waals surface area contributed by atoms with E-state index in [2.05, 4.69) is 4.98 Å². The second-order valence-electron chi connectivity index (χ2n) is 4.30. The quantitative estimate of drug-likeness (QED) is 0.743. The Balaban J connectivity index is 2.37. The number of alkyl halides is 3. The van der Waals surface area contributed by atoms with Crippen LogP contribution in [0.3, 0.4) is 0 Å². The zero-order chi connectivity index (χ0) is 12.5. The fourth-order valence-corrected chi connectivity index (χ4v) is 2.31. The number of hydrogen-bond donors (Lipinski definition) is 0. The van der Waals surface area contributed by atoms with Crippen LogP contribution >= 0.6 is 0 Å². The second-order valence-corrected chi connectivity index (χ2v) is 4.30. The molecule has 17 heavy (non-hydrogen) atoms. The van der Waals surface area contributed by atoms with Crippen LogP contribution in [0, 0.1) is 0 Å². The highest BCUT2D eigenvalue weighted by molar-refractivity contribution is 5.77. The number of aromatic nitrogens is 1. The zero-order valence-electron chi connectivity index (χ0n) is 9.13. The van der Waals surface area contributed by atoms with Crippen LogP contribution in [0.25, 0.3) is 0 Å². The fourth-order valence-electron chi connectivity index (χ4n) is 2.31. The van der Waals surface area contributed by atoms with Gasteiger partial charge in [0, 0.05) is 11.8 Å². The Labute approximate surface area is 96.9 Å². The Hall–Kier alpha value is -1.39.